The van der Waals surface area contributed by atoms with Gasteiger partial charge in [0.2, 0.25) is 0 Å². The van der Waals surface area contributed by atoms with Gasteiger partial charge >= 0.3 is 18.2 Å². The summed E-state index contributed by atoms with van der Waals surface area (Å²) in [6.07, 6.45) is -0.643. The highest BCUT2D eigenvalue weighted by atomic mass is 16.6. The molecule has 0 radical (unpaired) electrons. The van der Waals surface area contributed by atoms with Crippen LogP contribution >= 0.6 is 0 Å². The van der Waals surface area contributed by atoms with Gasteiger partial charge in [-0.1, -0.05) is 5.21 Å². The fraction of sp³-hybridized carbons (Fsp3) is 0.565. The number of aromatic nitrogens is 3. The minimum atomic E-state index is -1.15. The number of carbonyl (C=O) groups excluding carboxylic acids is 4. The first-order valence-corrected chi connectivity index (χ1v) is 11.4. The first-order valence-electron chi connectivity index (χ1n) is 11.4. The van der Waals surface area contributed by atoms with E-state index < -0.39 is 40.9 Å². The van der Waals surface area contributed by atoms with Gasteiger partial charge in [-0.2, -0.15) is 0 Å². The van der Waals surface area contributed by atoms with Crippen LogP contribution in [0.5, 0.6) is 0 Å². The van der Waals surface area contributed by atoms with Crippen LogP contribution in [0.4, 0.5) is 20.1 Å². The molecule has 2 fully saturated rings. The smallest absolute Gasteiger partial charge is 0.437 e. The van der Waals surface area contributed by atoms with Crippen molar-refractivity contribution >= 4 is 40.8 Å². The maximum absolute atomic E-state index is 12.9. The quantitative estimate of drug-likeness (QED) is 0.608. The Bertz CT molecular complexity index is 1200. The molecule has 0 aliphatic carbocycles. The largest absolute Gasteiger partial charge is 0.444 e. The third-order valence-corrected chi connectivity index (χ3v) is 5.77. The number of urea groups is 1. The molecule has 0 atom stereocenters. The van der Waals surface area contributed by atoms with Gasteiger partial charge in [-0.15, -0.1) is 9.78 Å². The Kier molecular flexibility index (Phi) is 5.73. The van der Waals surface area contributed by atoms with E-state index in [2.05, 4.69) is 15.6 Å². The second kappa shape index (κ2) is 8.21. The molecule has 2 aliphatic rings. The molecule has 3 heterocycles. The Hall–Kier alpha value is -3.70. The minimum absolute atomic E-state index is 0.243. The van der Waals surface area contributed by atoms with E-state index in [0.29, 0.717) is 16.7 Å². The van der Waals surface area contributed by atoms with Crippen LogP contribution in [-0.4, -0.2) is 73.8 Å². The zero-order valence-electron chi connectivity index (χ0n) is 20.7. The fourth-order valence-corrected chi connectivity index (χ4v) is 4.26. The first-order chi connectivity index (χ1) is 16.2. The second-order valence-corrected chi connectivity index (χ2v) is 10.7. The number of benzene rings is 1. The SMILES string of the molecule is CC(C)(C)OC(=O)N1CCC2(CC1)C(=O)NC(=O)N2c1ccc2c(c1)nnn2C(=O)OC(C)(C)C. The van der Waals surface area contributed by atoms with Crippen LogP contribution in [0, 0.1) is 0 Å². The Morgan fingerprint density at radius 3 is 2.17 bits per heavy atom. The predicted octanol–water partition coefficient (Wildman–Crippen LogP) is 3.04. The summed E-state index contributed by atoms with van der Waals surface area (Å²) in [5, 5.41) is 10.3. The molecule has 1 aromatic carbocycles. The van der Waals surface area contributed by atoms with Gasteiger partial charge in [-0.05, 0) is 72.6 Å². The van der Waals surface area contributed by atoms with Gasteiger partial charge in [0.25, 0.3) is 5.91 Å². The average Bonchev–Trinajstić information content (AvgIpc) is 3.24. The summed E-state index contributed by atoms with van der Waals surface area (Å²) in [4.78, 5) is 53.7. The zero-order chi connectivity index (χ0) is 25.8. The van der Waals surface area contributed by atoms with Gasteiger partial charge in [0.1, 0.15) is 27.8 Å². The van der Waals surface area contributed by atoms with Crippen LogP contribution in [0.2, 0.25) is 0 Å². The molecule has 2 aromatic rings. The molecule has 1 N–H and O–H groups in total. The van der Waals surface area contributed by atoms with E-state index in [0.717, 1.165) is 4.68 Å². The van der Waals surface area contributed by atoms with Gasteiger partial charge in [0, 0.05) is 18.8 Å². The Balaban J connectivity index is 1.59. The van der Waals surface area contributed by atoms with Crippen molar-refractivity contribution in [3.8, 4) is 0 Å². The topological polar surface area (TPSA) is 136 Å². The number of anilines is 1. The lowest BCUT2D eigenvalue weighted by Gasteiger charge is -2.42. The summed E-state index contributed by atoms with van der Waals surface area (Å²) in [5.41, 5.74) is -1.29. The van der Waals surface area contributed by atoms with E-state index in [1.807, 2.05) is 0 Å². The molecule has 0 saturated carbocycles. The Labute approximate surface area is 202 Å². The van der Waals surface area contributed by atoms with Crippen molar-refractivity contribution in [3.63, 3.8) is 0 Å². The van der Waals surface area contributed by atoms with Crippen molar-refractivity contribution < 1.29 is 28.7 Å². The third-order valence-electron chi connectivity index (χ3n) is 5.77. The van der Waals surface area contributed by atoms with Crippen molar-refractivity contribution in [2.45, 2.75) is 71.1 Å². The van der Waals surface area contributed by atoms with Crippen LogP contribution in [0.1, 0.15) is 54.4 Å². The summed E-state index contributed by atoms with van der Waals surface area (Å²) in [6.45, 7) is 11.1. The summed E-state index contributed by atoms with van der Waals surface area (Å²) < 4.78 is 11.8. The number of ether oxygens (including phenoxy) is 2. The molecule has 2 aliphatic heterocycles. The van der Waals surface area contributed by atoms with Crippen molar-refractivity contribution in [1.29, 1.82) is 0 Å². The summed E-state index contributed by atoms with van der Waals surface area (Å²) in [7, 11) is 0. The van der Waals surface area contributed by atoms with Gasteiger partial charge in [-0.3, -0.25) is 15.0 Å². The lowest BCUT2D eigenvalue weighted by atomic mass is 9.85. The van der Waals surface area contributed by atoms with Gasteiger partial charge in [-0.25, -0.2) is 14.4 Å². The molecule has 12 heteroatoms. The van der Waals surface area contributed by atoms with Crippen LogP contribution in [0.25, 0.3) is 11.0 Å². The number of carbonyl (C=O) groups is 4. The van der Waals surface area contributed by atoms with Gasteiger partial charge < -0.3 is 14.4 Å². The van der Waals surface area contributed by atoms with Crippen LogP contribution in [0.3, 0.4) is 0 Å². The van der Waals surface area contributed by atoms with Crippen molar-refractivity contribution in [2.24, 2.45) is 0 Å². The van der Waals surface area contributed by atoms with Crippen molar-refractivity contribution in [2.75, 3.05) is 18.0 Å². The number of rotatable bonds is 1. The Morgan fingerprint density at radius 1 is 0.971 bits per heavy atom. The maximum Gasteiger partial charge on any atom is 0.437 e. The summed E-state index contributed by atoms with van der Waals surface area (Å²) in [5.74, 6) is -0.413. The highest BCUT2D eigenvalue weighted by Crippen LogP contribution is 2.38. The summed E-state index contributed by atoms with van der Waals surface area (Å²) >= 11 is 0. The van der Waals surface area contributed by atoms with E-state index >= 15 is 0 Å². The molecule has 2 saturated heterocycles. The van der Waals surface area contributed by atoms with E-state index in [1.54, 1.807) is 64.6 Å². The minimum Gasteiger partial charge on any atom is -0.444 e. The van der Waals surface area contributed by atoms with E-state index in [4.69, 9.17) is 9.47 Å². The number of piperidine rings is 1. The zero-order valence-corrected chi connectivity index (χ0v) is 20.7. The molecule has 1 spiro atoms. The lowest BCUT2D eigenvalue weighted by molar-refractivity contribution is -0.124. The number of nitrogens with one attached hydrogen (secondary N) is 1. The molecule has 35 heavy (non-hydrogen) atoms. The van der Waals surface area contributed by atoms with Crippen LogP contribution in [0.15, 0.2) is 18.2 Å². The molecule has 0 unspecified atom stereocenters. The Morgan fingerprint density at radius 2 is 1.57 bits per heavy atom. The van der Waals surface area contributed by atoms with E-state index in [9.17, 15) is 19.2 Å². The standard InChI is InChI=1S/C23H30N6O6/c1-21(2,3)34-19(32)27-11-9-23(10-12-27)17(30)24-18(31)28(23)14-7-8-16-15(13-14)25-26-29(16)20(33)35-22(4,5)6/h7-8,13H,9-12H2,1-6H3,(H,24,30,31). The molecular weight excluding hydrogens is 456 g/mol. The lowest BCUT2D eigenvalue weighted by Crippen LogP contribution is -2.58. The number of imide groups is 1. The predicted molar refractivity (Wildman–Crippen MR) is 125 cm³/mol. The number of hydrogen-bond donors (Lipinski definition) is 1. The van der Waals surface area contributed by atoms with Crippen molar-refractivity contribution in [3.05, 3.63) is 18.2 Å². The maximum atomic E-state index is 12.9. The first kappa shape index (κ1) is 24.4. The molecule has 12 nitrogen and oxygen atoms in total. The number of hydrogen-bond acceptors (Lipinski definition) is 8. The number of fused-ring (bicyclic) bond motifs is 1. The summed E-state index contributed by atoms with van der Waals surface area (Å²) in [6, 6.07) is 4.28. The fourth-order valence-electron chi connectivity index (χ4n) is 4.26. The second-order valence-electron chi connectivity index (χ2n) is 10.7. The average molecular weight is 487 g/mol. The van der Waals surface area contributed by atoms with E-state index in [1.165, 1.54) is 4.90 Å². The molecule has 1 aromatic heterocycles. The highest BCUT2D eigenvalue weighted by molar-refractivity contribution is 6.17. The van der Waals surface area contributed by atoms with E-state index in [-0.39, 0.29) is 25.9 Å². The number of amides is 4. The number of likely N-dealkylation sites (tertiary alicyclic amines) is 1. The normalized spacial score (nSPS) is 18.2. The highest BCUT2D eigenvalue weighted by Gasteiger charge is 2.55. The molecular formula is C23H30N6O6. The molecule has 4 amide bonds. The van der Waals surface area contributed by atoms with Gasteiger partial charge in [0.05, 0.1) is 0 Å². The van der Waals surface area contributed by atoms with Gasteiger partial charge in [0.15, 0.2) is 0 Å². The number of nitrogens with zero attached hydrogens (tertiary/aromatic N) is 5. The molecule has 4 rings (SSSR count). The molecule has 0 bridgehead atoms. The third kappa shape index (κ3) is 4.64. The van der Waals surface area contributed by atoms with Crippen molar-refractivity contribution in [1.82, 2.24) is 25.2 Å². The molecule has 188 valence electrons. The van der Waals surface area contributed by atoms with Crippen LogP contribution < -0.4 is 10.2 Å². The van der Waals surface area contributed by atoms with Crippen LogP contribution in [-0.2, 0) is 14.3 Å². The monoisotopic (exact) mass is 486 g/mol.